The van der Waals surface area contributed by atoms with Crippen molar-refractivity contribution >= 4 is 11.4 Å². The molecule has 0 aliphatic carbocycles. The van der Waals surface area contributed by atoms with Crippen molar-refractivity contribution in [3.8, 4) is 5.75 Å². The number of allylic oxidation sites excluding steroid dienone is 1. The molecule has 0 atom stereocenters. The van der Waals surface area contributed by atoms with Crippen molar-refractivity contribution in [2.45, 2.75) is 13.8 Å². The van der Waals surface area contributed by atoms with Crippen LogP contribution < -0.4 is 15.8 Å². The number of nitrogens with one attached hydrogen (secondary N) is 1. The number of nitrogen functional groups attached to an aromatic ring is 1. The first-order chi connectivity index (χ1) is 7.13. The number of rotatable bonds is 4. The molecule has 82 valence electrons. The van der Waals surface area contributed by atoms with Gasteiger partial charge in [-0.15, -0.1) is 0 Å². The lowest BCUT2D eigenvalue weighted by molar-refractivity contribution is 0.415. The van der Waals surface area contributed by atoms with Crippen molar-refractivity contribution in [2.75, 3.05) is 24.7 Å². The summed E-state index contributed by atoms with van der Waals surface area (Å²) in [4.78, 5) is 0. The van der Waals surface area contributed by atoms with E-state index in [0.717, 1.165) is 23.7 Å². The van der Waals surface area contributed by atoms with Crippen molar-refractivity contribution in [1.82, 2.24) is 0 Å². The quantitative estimate of drug-likeness (QED) is 0.588. The van der Waals surface area contributed by atoms with Crippen molar-refractivity contribution < 1.29 is 4.74 Å². The highest BCUT2D eigenvalue weighted by molar-refractivity contribution is 5.68. The Bertz CT molecular complexity index is 355. The maximum atomic E-state index is 5.82. The second-order valence-electron chi connectivity index (χ2n) is 3.62. The Morgan fingerprint density at radius 2 is 2.20 bits per heavy atom. The van der Waals surface area contributed by atoms with Gasteiger partial charge in [0.25, 0.3) is 0 Å². The lowest BCUT2D eigenvalue weighted by atomic mass is 10.2. The zero-order chi connectivity index (χ0) is 11.3. The van der Waals surface area contributed by atoms with Crippen molar-refractivity contribution in [2.24, 2.45) is 0 Å². The minimum atomic E-state index is 0.734. The summed E-state index contributed by atoms with van der Waals surface area (Å²) in [6, 6.07) is 5.58. The first kappa shape index (κ1) is 11.4. The van der Waals surface area contributed by atoms with Gasteiger partial charge in [-0.25, -0.2) is 0 Å². The highest BCUT2D eigenvalue weighted by Gasteiger charge is 1.99. The number of ether oxygens (including phenoxy) is 1. The Morgan fingerprint density at radius 3 is 2.80 bits per heavy atom. The zero-order valence-electron chi connectivity index (χ0n) is 9.50. The molecule has 3 nitrogen and oxygen atoms in total. The molecule has 0 amide bonds. The molecule has 0 unspecified atom stereocenters. The average molecular weight is 206 g/mol. The van der Waals surface area contributed by atoms with Gasteiger partial charge in [0, 0.05) is 12.6 Å². The summed E-state index contributed by atoms with van der Waals surface area (Å²) in [6.45, 7) is 4.91. The zero-order valence-corrected chi connectivity index (χ0v) is 9.50. The predicted molar refractivity (Wildman–Crippen MR) is 65.3 cm³/mol. The topological polar surface area (TPSA) is 47.3 Å². The summed E-state index contributed by atoms with van der Waals surface area (Å²) in [7, 11) is 1.64. The molecule has 3 heteroatoms. The van der Waals surface area contributed by atoms with Crippen molar-refractivity contribution in [3.63, 3.8) is 0 Å². The minimum Gasteiger partial charge on any atom is -0.497 e. The molecule has 3 N–H and O–H groups in total. The van der Waals surface area contributed by atoms with Crippen molar-refractivity contribution in [1.29, 1.82) is 0 Å². The van der Waals surface area contributed by atoms with E-state index in [-0.39, 0.29) is 0 Å². The summed E-state index contributed by atoms with van der Waals surface area (Å²) in [5, 5.41) is 3.24. The molecule has 0 saturated carbocycles. The standard InChI is InChI=1S/C12H18N2O/c1-9(2)6-7-14-12-8-10(15-3)4-5-11(12)13/h4-6,8,14H,7,13H2,1-3H3. The molecular weight excluding hydrogens is 188 g/mol. The van der Waals surface area contributed by atoms with Crippen LogP contribution in [-0.4, -0.2) is 13.7 Å². The van der Waals surface area contributed by atoms with E-state index in [1.807, 2.05) is 18.2 Å². The lowest BCUT2D eigenvalue weighted by Gasteiger charge is -2.09. The summed E-state index contributed by atoms with van der Waals surface area (Å²) < 4.78 is 5.13. The SMILES string of the molecule is COc1ccc(N)c(NCC=C(C)C)c1. The Morgan fingerprint density at radius 1 is 1.47 bits per heavy atom. The maximum absolute atomic E-state index is 5.82. The van der Waals surface area contributed by atoms with Gasteiger partial charge >= 0.3 is 0 Å². The fraction of sp³-hybridized carbons (Fsp3) is 0.333. The van der Waals surface area contributed by atoms with Gasteiger partial charge in [-0.1, -0.05) is 11.6 Å². The highest BCUT2D eigenvalue weighted by Crippen LogP contribution is 2.23. The van der Waals surface area contributed by atoms with E-state index in [0.29, 0.717) is 0 Å². The minimum absolute atomic E-state index is 0.734. The van der Waals surface area contributed by atoms with Gasteiger partial charge < -0.3 is 15.8 Å². The van der Waals surface area contributed by atoms with Crippen LogP contribution in [-0.2, 0) is 0 Å². The first-order valence-corrected chi connectivity index (χ1v) is 4.94. The van der Waals surface area contributed by atoms with Crippen LogP contribution in [0.15, 0.2) is 29.8 Å². The van der Waals surface area contributed by atoms with Gasteiger partial charge in [0.2, 0.25) is 0 Å². The van der Waals surface area contributed by atoms with E-state index in [1.165, 1.54) is 5.57 Å². The lowest BCUT2D eigenvalue weighted by Crippen LogP contribution is -2.02. The van der Waals surface area contributed by atoms with Crippen LogP contribution in [0.2, 0.25) is 0 Å². The average Bonchev–Trinajstić information content (AvgIpc) is 2.20. The molecule has 0 spiro atoms. The number of methoxy groups -OCH3 is 1. The number of benzene rings is 1. The van der Waals surface area contributed by atoms with E-state index in [1.54, 1.807) is 7.11 Å². The van der Waals surface area contributed by atoms with Crippen LogP contribution in [0.5, 0.6) is 5.75 Å². The van der Waals surface area contributed by atoms with Crippen LogP contribution in [0, 0.1) is 0 Å². The fourth-order valence-corrected chi connectivity index (χ4v) is 1.18. The molecule has 0 aliphatic rings. The summed E-state index contributed by atoms with van der Waals surface area (Å²) in [5.41, 5.74) is 8.75. The van der Waals surface area contributed by atoms with Gasteiger partial charge in [0.05, 0.1) is 18.5 Å². The number of anilines is 2. The van der Waals surface area contributed by atoms with E-state index in [9.17, 15) is 0 Å². The maximum Gasteiger partial charge on any atom is 0.121 e. The largest absolute Gasteiger partial charge is 0.497 e. The number of hydrogen-bond donors (Lipinski definition) is 2. The van der Waals surface area contributed by atoms with E-state index < -0.39 is 0 Å². The summed E-state index contributed by atoms with van der Waals surface area (Å²) >= 11 is 0. The van der Waals surface area contributed by atoms with Crippen molar-refractivity contribution in [3.05, 3.63) is 29.8 Å². The van der Waals surface area contributed by atoms with Crippen LogP contribution in [0.25, 0.3) is 0 Å². The third-order valence-electron chi connectivity index (χ3n) is 2.06. The first-order valence-electron chi connectivity index (χ1n) is 4.94. The predicted octanol–water partition coefficient (Wildman–Crippen LogP) is 2.66. The van der Waals surface area contributed by atoms with Gasteiger partial charge in [0.1, 0.15) is 5.75 Å². The molecule has 0 radical (unpaired) electrons. The molecule has 0 heterocycles. The second kappa shape index (κ2) is 5.29. The van der Waals surface area contributed by atoms with Gasteiger partial charge in [-0.3, -0.25) is 0 Å². The third-order valence-corrected chi connectivity index (χ3v) is 2.06. The Hall–Kier alpha value is -1.64. The van der Waals surface area contributed by atoms with Gasteiger partial charge in [0.15, 0.2) is 0 Å². The van der Waals surface area contributed by atoms with Crippen LogP contribution in [0.1, 0.15) is 13.8 Å². The second-order valence-corrected chi connectivity index (χ2v) is 3.62. The van der Waals surface area contributed by atoms with Gasteiger partial charge in [-0.05, 0) is 26.0 Å². The van der Waals surface area contributed by atoms with Crippen LogP contribution in [0.3, 0.4) is 0 Å². The monoisotopic (exact) mass is 206 g/mol. The van der Waals surface area contributed by atoms with Gasteiger partial charge in [-0.2, -0.15) is 0 Å². The molecule has 0 aliphatic heterocycles. The van der Waals surface area contributed by atoms with E-state index in [2.05, 4.69) is 25.2 Å². The third kappa shape index (κ3) is 3.54. The molecule has 15 heavy (non-hydrogen) atoms. The molecule has 1 aromatic carbocycles. The molecule has 1 rings (SSSR count). The molecular formula is C12H18N2O. The molecule has 0 fully saturated rings. The molecule has 0 aromatic heterocycles. The Kier molecular flexibility index (Phi) is 4.03. The molecule has 1 aromatic rings. The van der Waals surface area contributed by atoms with E-state index >= 15 is 0 Å². The number of hydrogen-bond acceptors (Lipinski definition) is 3. The molecule has 0 bridgehead atoms. The van der Waals surface area contributed by atoms with Crippen LogP contribution in [0.4, 0.5) is 11.4 Å². The Labute approximate surface area is 90.9 Å². The normalized spacial score (nSPS) is 9.53. The Balaban J connectivity index is 2.71. The van der Waals surface area contributed by atoms with E-state index in [4.69, 9.17) is 10.5 Å². The smallest absolute Gasteiger partial charge is 0.121 e. The summed E-state index contributed by atoms with van der Waals surface area (Å²) in [5.74, 6) is 0.809. The summed E-state index contributed by atoms with van der Waals surface area (Å²) in [6.07, 6.45) is 2.11. The fourth-order valence-electron chi connectivity index (χ4n) is 1.18. The number of nitrogens with two attached hydrogens (primary N) is 1. The highest BCUT2D eigenvalue weighted by atomic mass is 16.5. The molecule has 0 saturated heterocycles. The van der Waals surface area contributed by atoms with Crippen LogP contribution >= 0.6 is 0 Å².